The first-order valence-electron chi connectivity index (χ1n) is 10.1. The Balaban J connectivity index is 1.75. The lowest BCUT2D eigenvalue weighted by Gasteiger charge is -2.15. The summed E-state index contributed by atoms with van der Waals surface area (Å²) in [5.41, 5.74) is 2.66. The van der Waals surface area contributed by atoms with Gasteiger partial charge >= 0.3 is 0 Å². The van der Waals surface area contributed by atoms with Gasteiger partial charge in [0.25, 0.3) is 5.91 Å². The summed E-state index contributed by atoms with van der Waals surface area (Å²) in [7, 11) is -3.29. The quantitative estimate of drug-likeness (QED) is 0.506. The normalized spacial score (nSPS) is 11.1. The van der Waals surface area contributed by atoms with Gasteiger partial charge in [-0.05, 0) is 64.7 Å². The van der Waals surface area contributed by atoms with E-state index in [2.05, 4.69) is 27.3 Å². The lowest BCUT2D eigenvalue weighted by molar-refractivity contribution is 0.0949. The smallest absolute Gasteiger partial charge is 0.257 e. The SMILES string of the molecule is Cc1c(Br)c(=O)c(C(=O)NCc2ccc(S(C)(=O)=O)cc2)cn1CCc1ccc(C#N)cc1. The van der Waals surface area contributed by atoms with E-state index in [4.69, 9.17) is 5.26 Å². The van der Waals surface area contributed by atoms with Gasteiger partial charge in [0, 0.05) is 31.2 Å². The van der Waals surface area contributed by atoms with Gasteiger partial charge in [-0.2, -0.15) is 5.26 Å². The fourth-order valence-electron chi connectivity index (χ4n) is 3.24. The van der Waals surface area contributed by atoms with Crippen LogP contribution < -0.4 is 10.7 Å². The van der Waals surface area contributed by atoms with Gasteiger partial charge in [-0.25, -0.2) is 8.42 Å². The van der Waals surface area contributed by atoms with E-state index in [0.717, 1.165) is 11.8 Å². The molecule has 0 bridgehead atoms. The van der Waals surface area contributed by atoms with Crippen molar-refractivity contribution < 1.29 is 13.2 Å². The van der Waals surface area contributed by atoms with E-state index in [1.165, 1.54) is 12.1 Å². The molecular formula is C24H22BrN3O4S. The maximum atomic E-state index is 12.8. The minimum atomic E-state index is -3.29. The average molecular weight is 528 g/mol. The Kier molecular flexibility index (Phi) is 7.51. The average Bonchev–Trinajstić information content (AvgIpc) is 2.80. The van der Waals surface area contributed by atoms with E-state index in [-0.39, 0.29) is 17.0 Å². The Hall–Kier alpha value is -3.22. The maximum Gasteiger partial charge on any atom is 0.257 e. The van der Waals surface area contributed by atoms with Crippen molar-refractivity contribution in [3.05, 3.63) is 97.4 Å². The van der Waals surface area contributed by atoms with Crippen molar-refractivity contribution in [3.63, 3.8) is 0 Å². The van der Waals surface area contributed by atoms with Crippen LogP contribution >= 0.6 is 15.9 Å². The van der Waals surface area contributed by atoms with Crippen LogP contribution in [0.5, 0.6) is 0 Å². The largest absolute Gasteiger partial charge is 0.349 e. The third kappa shape index (κ3) is 5.97. The summed E-state index contributed by atoms with van der Waals surface area (Å²) in [4.78, 5) is 25.6. The molecule has 1 aromatic heterocycles. The zero-order valence-electron chi connectivity index (χ0n) is 18.1. The molecular weight excluding hydrogens is 506 g/mol. The van der Waals surface area contributed by atoms with Crippen molar-refractivity contribution in [3.8, 4) is 6.07 Å². The predicted octanol–water partition coefficient (Wildman–Crippen LogP) is 3.37. The second kappa shape index (κ2) is 10.1. The third-order valence-corrected chi connectivity index (χ3v) is 7.31. The number of rotatable bonds is 7. The van der Waals surface area contributed by atoms with Crippen LogP contribution in [0, 0.1) is 18.3 Å². The number of amides is 1. The molecule has 0 aliphatic rings. The van der Waals surface area contributed by atoms with Gasteiger partial charge in [0.15, 0.2) is 9.84 Å². The minimum absolute atomic E-state index is 0.0139. The molecule has 1 heterocycles. The fourth-order valence-corrected chi connectivity index (χ4v) is 4.31. The van der Waals surface area contributed by atoms with Crippen molar-refractivity contribution in [2.75, 3.05) is 6.26 Å². The Morgan fingerprint density at radius 1 is 1.09 bits per heavy atom. The third-order valence-electron chi connectivity index (χ3n) is 5.25. The number of nitrogens with zero attached hydrogens (tertiary/aromatic N) is 2. The van der Waals surface area contributed by atoms with E-state index in [1.54, 1.807) is 37.4 Å². The molecule has 0 saturated carbocycles. The first-order chi connectivity index (χ1) is 15.6. The van der Waals surface area contributed by atoms with Crippen LogP contribution in [0.2, 0.25) is 0 Å². The molecule has 0 fully saturated rings. The van der Waals surface area contributed by atoms with Crippen molar-refractivity contribution >= 4 is 31.7 Å². The number of pyridine rings is 1. The van der Waals surface area contributed by atoms with Gasteiger partial charge < -0.3 is 9.88 Å². The van der Waals surface area contributed by atoms with E-state index in [9.17, 15) is 18.0 Å². The highest BCUT2D eigenvalue weighted by Gasteiger charge is 2.17. The molecule has 0 unspecified atom stereocenters. The molecule has 0 aliphatic carbocycles. The maximum absolute atomic E-state index is 12.8. The van der Waals surface area contributed by atoms with Gasteiger partial charge in [-0.15, -0.1) is 0 Å². The zero-order valence-corrected chi connectivity index (χ0v) is 20.5. The Morgan fingerprint density at radius 2 is 1.70 bits per heavy atom. The van der Waals surface area contributed by atoms with Crippen molar-refractivity contribution in [1.29, 1.82) is 5.26 Å². The molecule has 170 valence electrons. The molecule has 2 aromatic carbocycles. The monoisotopic (exact) mass is 527 g/mol. The highest BCUT2D eigenvalue weighted by Crippen LogP contribution is 2.15. The highest BCUT2D eigenvalue weighted by atomic mass is 79.9. The molecule has 33 heavy (non-hydrogen) atoms. The summed E-state index contributed by atoms with van der Waals surface area (Å²) < 4.78 is 25.3. The predicted molar refractivity (Wildman–Crippen MR) is 129 cm³/mol. The first kappa shape index (κ1) is 24.4. The number of nitrogens with one attached hydrogen (secondary N) is 1. The molecule has 0 aliphatic heterocycles. The van der Waals surface area contributed by atoms with Crippen LogP contribution in [0.25, 0.3) is 0 Å². The van der Waals surface area contributed by atoms with Crippen molar-refractivity contribution in [2.45, 2.75) is 31.3 Å². The molecule has 0 spiro atoms. The first-order valence-corrected chi connectivity index (χ1v) is 12.7. The summed E-state index contributed by atoms with van der Waals surface area (Å²) in [5.74, 6) is -0.514. The number of aryl methyl sites for hydroxylation is 2. The second-order valence-corrected chi connectivity index (χ2v) is 10.4. The summed E-state index contributed by atoms with van der Waals surface area (Å²) in [6, 6.07) is 15.6. The summed E-state index contributed by atoms with van der Waals surface area (Å²) >= 11 is 3.31. The van der Waals surface area contributed by atoms with Crippen LogP contribution in [0.1, 0.15) is 32.7 Å². The fraction of sp³-hybridized carbons (Fsp3) is 0.208. The van der Waals surface area contributed by atoms with Crippen molar-refractivity contribution in [2.24, 2.45) is 0 Å². The van der Waals surface area contributed by atoms with Gasteiger partial charge in [0.2, 0.25) is 5.43 Å². The molecule has 1 N–H and O–H groups in total. The number of hydrogen-bond acceptors (Lipinski definition) is 5. The van der Waals surface area contributed by atoms with Gasteiger partial charge in [-0.3, -0.25) is 9.59 Å². The van der Waals surface area contributed by atoms with Crippen molar-refractivity contribution in [1.82, 2.24) is 9.88 Å². The van der Waals surface area contributed by atoms with E-state index >= 15 is 0 Å². The number of hydrogen-bond donors (Lipinski definition) is 1. The summed E-state index contributed by atoms with van der Waals surface area (Å²) in [6.45, 7) is 2.50. The zero-order chi connectivity index (χ0) is 24.2. The summed E-state index contributed by atoms with van der Waals surface area (Å²) in [5, 5.41) is 11.6. The number of benzene rings is 2. The van der Waals surface area contributed by atoms with Crippen LogP contribution in [-0.2, 0) is 29.3 Å². The molecule has 0 saturated heterocycles. The molecule has 0 atom stereocenters. The molecule has 3 aromatic rings. The number of nitriles is 1. The van der Waals surface area contributed by atoms with E-state index < -0.39 is 21.2 Å². The van der Waals surface area contributed by atoms with Crippen LogP contribution in [0.4, 0.5) is 0 Å². The van der Waals surface area contributed by atoms with Crippen LogP contribution in [-0.4, -0.2) is 25.1 Å². The molecule has 7 nitrogen and oxygen atoms in total. The number of sulfone groups is 1. The second-order valence-electron chi connectivity index (χ2n) is 7.62. The van der Waals surface area contributed by atoms with Gasteiger partial charge in [0.05, 0.1) is 21.0 Å². The van der Waals surface area contributed by atoms with E-state index in [0.29, 0.717) is 34.3 Å². The number of carbonyl (C=O) groups is 1. The van der Waals surface area contributed by atoms with Gasteiger partial charge in [0.1, 0.15) is 5.56 Å². The Morgan fingerprint density at radius 3 is 2.27 bits per heavy atom. The summed E-state index contributed by atoms with van der Waals surface area (Å²) in [6.07, 6.45) is 3.34. The number of aromatic nitrogens is 1. The molecule has 0 radical (unpaired) electrons. The Bertz CT molecular complexity index is 1390. The lowest BCUT2D eigenvalue weighted by Crippen LogP contribution is -2.30. The number of halogens is 1. The standard InChI is InChI=1S/C24H22BrN3O4S/c1-16-22(25)23(29)21(15-28(16)12-11-17-3-5-18(13-26)6-4-17)24(30)27-14-19-7-9-20(10-8-19)33(2,31)32/h3-10,15H,11-12,14H2,1-2H3,(H,27,30). The Labute approximate surface area is 200 Å². The van der Waals surface area contributed by atoms with Crippen LogP contribution in [0.3, 0.4) is 0 Å². The molecule has 3 rings (SSSR count). The molecule has 1 amide bonds. The highest BCUT2D eigenvalue weighted by molar-refractivity contribution is 9.10. The topological polar surface area (TPSA) is 109 Å². The van der Waals surface area contributed by atoms with E-state index in [1.807, 2.05) is 16.7 Å². The minimum Gasteiger partial charge on any atom is -0.349 e. The van der Waals surface area contributed by atoms with Gasteiger partial charge in [-0.1, -0.05) is 24.3 Å². The van der Waals surface area contributed by atoms with Crippen LogP contribution in [0.15, 0.2) is 68.9 Å². The number of carbonyl (C=O) groups excluding carboxylic acids is 1. The lowest BCUT2D eigenvalue weighted by atomic mass is 10.1. The molecule has 9 heteroatoms.